The molecule has 0 aromatic carbocycles. The summed E-state index contributed by atoms with van der Waals surface area (Å²) in [6.07, 6.45) is 1.31. The molecule has 0 aliphatic heterocycles. The number of nitrogens with one attached hydrogen (secondary N) is 1. The van der Waals surface area contributed by atoms with Gasteiger partial charge in [0.1, 0.15) is 0 Å². The first kappa shape index (κ1) is 14.0. The Bertz CT molecular complexity index is 440. The zero-order valence-corrected chi connectivity index (χ0v) is 12.1. The normalized spacial score (nSPS) is 14.0. The number of aryl methyl sites for hydroxylation is 1. The van der Waals surface area contributed by atoms with E-state index in [-0.39, 0.29) is 16.0 Å². The van der Waals surface area contributed by atoms with Gasteiger partial charge in [0.2, 0.25) is 0 Å². The minimum Gasteiger partial charge on any atom is -0.255 e. The van der Waals surface area contributed by atoms with Gasteiger partial charge in [0.25, 0.3) is 10.0 Å². The summed E-state index contributed by atoms with van der Waals surface area (Å²) in [6.45, 7) is 2.29. The molecule has 0 spiro atoms. The first-order valence-corrected chi connectivity index (χ1v) is 7.60. The molecule has 0 aliphatic rings. The summed E-state index contributed by atoms with van der Waals surface area (Å²) in [6, 6.07) is 0. The van der Waals surface area contributed by atoms with Crippen LogP contribution in [0.15, 0.2) is 11.2 Å². The smallest absolute Gasteiger partial charge is 0.255 e. The SMILES string of the molecule is CC(CBr)CNS(=O)(=O)c1c(Cl)cnn1C. The predicted molar refractivity (Wildman–Crippen MR) is 66.4 cm³/mol. The van der Waals surface area contributed by atoms with Crippen LogP contribution in [0.2, 0.25) is 5.02 Å². The molecule has 1 rings (SSSR count). The summed E-state index contributed by atoms with van der Waals surface area (Å²) in [4.78, 5) is 0. The lowest BCUT2D eigenvalue weighted by atomic mass is 10.2. The molecule has 92 valence electrons. The maximum absolute atomic E-state index is 11.9. The number of halogens is 2. The van der Waals surface area contributed by atoms with Crippen molar-refractivity contribution < 1.29 is 8.42 Å². The predicted octanol–water partition coefficient (Wildman–Crippen LogP) is 1.38. The van der Waals surface area contributed by atoms with Gasteiger partial charge in [-0.25, -0.2) is 13.1 Å². The lowest BCUT2D eigenvalue weighted by molar-refractivity contribution is 0.548. The zero-order valence-electron chi connectivity index (χ0n) is 8.94. The van der Waals surface area contributed by atoms with Crippen LogP contribution < -0.4 is 4.72 Å². The van der Waals surface area contributed by atoms with Crippen LogP contribution in [0.5, 0.6) is 0 Å². The maximum Gasteiger partial charge on any atom is 0.259 e. The van der Waals surface area contributed by atoms with E-state index in [1.165, 1.54) is 17.9 Å². The molecule has 1 atom stereocenters. The van der Waals surface area contributed by atoms with E-state index in [4.69, 9.17) is 11.6 Å². The van der Waals surface area contributed by atoms with Crippen LogP contribution in [0.25, 0.3) is 0 Å². The average Bonchev–Trinajstić information content (AvgIpc) is 2.55. The number of sulfonamides is 1. The third-order valence-corrected chi connectivity index (χ3v) is 5.02. The molecule has 16 heavy (non-hydrogen) atoms. The molecule has 0 fully saturated rings. The third-order valence-electron chi connectivity index (χ3n) is 1.98. The Labute approximate surface area is 108 Å². The highest BCUT2D eigenvalue weighted by molar-refractivity contribution is 9.09. The van der Waals surface area contributed by atoms with Crippen LogP contribution in [-0.4, -0.2) is 30.1 Å². The van der Waals surface area contributed by atoms with Crippen molar-refractivity contribution >= 4 is 37.6 Å². The second kappa shape index (κ2) is 5.48. The number of hydrogen-bond acceptors (Lipinski definition) is 3. The minimum absolute atomic E-state index is 0.00376. The van der Waals surface area contributed by atoms with Gasteiger partial charge >= 0.3 is 0 Å². The van der Waals surface area contributed by atoms with E-state index in [9.17, 15) is 8.42 Å². The van der Waals surface area contributed by atoms with Crippen molar-refractivity contribution in [3.8, 4) is 0 Å². The number of alkyl halides is 1. The Balaban J connectivity index is 2.87. The molecule has 1 N–H and O–H groups in total. The molecule has 8 heteroatoms. The summed E-state index contributed by atoms with van der Waals surface area (Å²) in [5.74, 6) is 0.210. The molecule has 0 amide bonds. The highest BCUT2D eigenvalue weighted by Gasteiger charge is 2.22. The van der Waals surface area contributed by atoms with Crippen LogP contribution in [0.3, 0.4) is 0 Å². The lowest BCUT2D eigenvalue weighted by Crippen LogP contribution is -2.30. The van der Waals surface area contributed by atoms with Gasteiger partial charge < -0.3 is 0 Å². The van der Waals surface area contributed by atoms with Crippen molar-refractivity contribution in [1.82, 2.24) is 14.5 Å². The third kappa shape index (κ3) is 3.19. The van der Waals surface area contributed by atoms with Gasteiger partial charge in [0, 0.05) is 18.9 Å². The Morgan fingerprint density at radius 2 is 2.31 bits per heavy atom. The van der Waals surface area contributed by atoms with E-state index in [0.717, 1.165) is 5.33 Å². The van der Waals surface area contributed by atoms with Crippen molar-refractivity contribution in [1.29, 1.82) is 0 Å². The van der Waals surface area contributed by atoms with E-state index in [1.54, 1.807) is 0 Å². The van der Waals surface area contributed by atoms with Crippen LogP contribution in [0.1, 0.15) is 6.92 Å². The quantitative estimate of drug-likeness (QED) is 0.830. The zero-order chi connectivity index (χ0) is 12.3. The molecule has 1 heterocycles. The summed E-state index contributed by atoms with van der Waals surface area (Å²) in [5.41, 5.74) is 0. The summed E-state index contributed by atoms with van der Waals surface area (Å²) in [7, 11) is -2.05. The van der Waals surface area contributed by atoms with Gasteiger partial charge in [-0.05, 0) is 5.92 Å². The molecular formula is C8H13BrClN3O2S. The van der Waals surface area contributed by atoms with Gasteiger partial charge in [-0.1, -0.05) is 34.5 Å². The van der Waals surface area contributed by atoms with E-state index >= 15 is 0 Å². The first-order valence-electron chi connectivity index (χ1n) is 4.61. The highest BCUT2D eigenvalue weighted by Crippen LogP contribution is 2.19. The Hall–Kier alpha value is -0.110. The molecule has 1 aromatic rings. The largest absolute Gasteiger partial charge is 0.259 e. The molecule has 1 unspecified atom stereocenters. The van der Waals surface area contributed by atoms with Gasteiger partial charge in [-0.2, -0.15) is 5.10 Å². The van der Waals surface area contributed by atoms with E-state index in [1.807, 2.05) is 6.92 Å². The Morgan fingerprint density at radius 1 is 1.69 bits per heavy atom. The second-order valence-electron chi connectivity index (χ2n) is 3.53. The maximum atomic E-state index is 11.9. The molecule has 0 aliphatic carbocycles. The summed E-state index contributed by atoms with van der Waals surface area (Å²) < 4.78 is 27.5. The average molecular weight is 331 g/mol. The van der Waals surface area contributed by atoms with Crippen molar-refractivity contribution in [3.63, 3.8) is 0 Å². The Morgan fingerprint density at radius 3 is 2.75 bits per heavy atom. The Kier molecular flexibility index (Phi) is 4.78. The van der Waals surface area contributed by atoms with Crippen LogP contribution in [0, 0.1) is 5.92 Å². The fourth-order valence-electron chi connectivity index (χ4n) is 1.08. The summed E-state index contributed by atoms with van der Waals surface area (Å²) in [5, 5.41) is 4.64. The van der Waals surface area contributed by atoms with Gasteiger partial charge in [-0.3, -0.25) is 4.68 Å². The topological polar surface area (TPSA) is 64.0 Å². The molecule has 0 saturated heterocycles. The van der Waals surface area contributed by atoms with Crippen LogP contribution >= 0.6 is 27.5 Å². The fraction of sp³-hybridized carbons (Fsp3) is 0.625. The van der Waals surface area contributed by atoms with Crippen molar-refractivity contribution in [3.05, 3.63) is 11.2 Å². The van der Waals surface area contributed by atoms with Crippen LogP contribution in [0.4, 0.5) is 0 Å². The molecule has 0 bridgehead atoms. The molecule has 1 aromatic heterocycles. The lowest BCUT2D eigenvalue weighted by Gasteiger charge is -2.10. The van der Waals surface area contributed by atoms with Crippen molar-refractivity contribution in [2.75, 3.05) is 11.9 Å². The minimum atomic E-state index is -3.59. The van der Waals surface area contributed by atoms with E-state index in [0.29, 0.717) is 6.54 Å². The highest BCUT2D eigenvalue weighted by atomic mass is 79.9. The molecular weight excluding hydrogens is 318 g/mol. The van der Waals surface area contributed by atoms with E-state index in [2.05, 4.69) is 25.8 Å². The molecule has 5 nitrogen and oxygen atoms in total. The van der Waals surface area contributed by atoms with Crippen LogP contribution in [-0.2, 0) is 17.1 Å². The van der Waals surface area contributed by atoms with Gasteiger partial charge in [0.15, 0.2) is 5.03 Å². The monoisotopic (exact) mass is 329 g/mol. The fourth-order valence-corrected chi connectivity index (χ4v) is 3.12. The van der Waals surface area contributed by atoms with Gasteiger partial charge in [0.05, 0.1) is 11.2 Å². The van der Waals surface area contributed by atoms with Gasteiger partial charge in [-0.15, -0.1) is 0 Å². The number of rotatable bonds is 5. The molecule has 0 radical (unpaired) electrons. The number of nitrogens with zero attached hydrogens (tertiary/aromatic N) is 2. The first-order chi connectivity index (χ1) is 7.38. The number of aromatic nitrogens is 2. The van der Waals surface area contributed by atoms with Crippen molar-refractivity contribution in [2.24, 2.45) is 13.0 Å². The molecule has 0 saturated carbocycles. The number of hydrogen-bond donors (Lipinski definition) is 1. The standard InChI is InChI=1S/C8H13BrClN3O2S/c1-6(3-9)4-12-16(14,15)8-7(10)5-11-13(8)2/h5-6,12H,3-4H2,1-2H3. The second-order valence-corrected chi connectivity index (χ2v) is 6.27. The van der Waals surface area contributed by atoms with Crippen molar-refractivity contribution in [2.45, 2.75) is 11.9 Å². The van der Waals surface area contributed by atoms with E-state index < -0.39 is 10.0 Å². The summed E-state index contributed by atoms with van der Waals surface area (Å²) >= 11 is 9.05.